The summed E-state index contributed by atoms with van der Waals surface area (Å²) in [5, 5.41) is 1.79. The number of ether oxygens (including phenoxy) is 1. The van der Waals surface area contributed by atoms with Gasteiger partial charge in [0.05, 0.1) is 7.11 Å². The molecule has 0 aliphatic heterocycles. The van der Waals surface area contributed by atoms with E-state index in [-0.39, 0.29) is 18.0 Å². The Kier molecular flexibility index (Phi) is 3.95. The van der Waals surface area contributed by atoms with Crippen molar-refractivity contribution in [3.8, 4) is 5.75 Å². The zero-order valence-corrected chi connectivity index (χ0v) is 11.1. The molecule has 2 aromatic carbocycles. The molecule has 0 aromatic heterocycles. The molecule has 0 bridgehead atoms. The predicted octanol–water partition coefficient (Wildman–Crippen LogP) is 3.40. The standard InChI is InChI=1S/C16H16O3/c1-11(17)7-9-15(18)13-8-10-16(19-2)14-6-4-3-5-12(13)14/h3-6,8,10H,7,9H2,1-2H3. The van der Waals surface area contributed by atoms with Crippen LogP contribution in [0.1, 0.15) is 30.1 Å². The first-order valence-electron chi connectivity index (χ1n) is 6.22. The molecule has 2 rings (SSSR count). The first-order chi connectivity index (χ1) is 9.13. The Hall–Kier alpha value is -2.16. The second-order valence-electron chi connectivity index (χ2n) is 4.49. The number of carbonyl (C=O) groups is 2. The molecule has 98 valence electrons. The Morgan fingerprint density at radius 1 is 1.00 bits per heavy atom. The minimum atomic E-state index is -0.00551. The summed E-state index contributed by atoms with van der Waals surface area (Å²) in [5.41, 5.74) is 0.651. The zero-order valence-electron chi connectivity index (χ0n) is 11.1. The monoisotopic (exact) mass is 256 g/mol. The molecule has 3 nitrogen and oxygen atoms in total. The van der Waals surface area contributed by atoms with Gasteiger partial charge in [-0.15, -0.1) is 0 Å². The summed E-state index contributed by atoms with van der Waals surface area (Å²) in [6, 6.07) is 11.2. The average Bonchev–Trinajstić information content (AvgIpc) is 2.43. The SMILES string of the molecule is COc1ccc(C(=O)CCC(C)=O)c2ccccc12. The van der Waals surface area contributed by atoms with E-state index in [4.69, 9.17) is 4.74 Å². The molecule has 0 heterocycles. The Balaban J connectivity index is 2.44. The third-order valence-corrected chi connectivity index (χ3v) is 3.11. The van der Waals surface area contributed by atoms with Crippen LogP contribution >= 0.6 is 0 Å². The molecule has 3 heteroatoms. The lowest BCUT2D eigenvalue weighted by Gasteiger charge is -2.09. The quantitative estimate of drug-likeness (QED) is 0.770. The first-order valence-corrected chi connectivity index (χ1v) is 6.22. The summed E-state index contributed by atoms with van der Waals surface area (Å²) in [6.45, 7) is 1.50. The van der Waals surface area contributed by atoms with E-state index in [1.54, 1.807) is 19.2 Å². The van der Waals surface area contributed by atoms with Crippen molar-refractivity contribution in [3.63, 3.8) is 0 Å². The molecule has 0 amide bonds. The summed E-state index contributed by atoms with van der Waals surface area (Å²) in [6.07, 6.45) is 0.546. The number of Topliss-reactive ketones (excluding diaryl/α,β-unsaturated/α-hetero) is 2. The highest BCUT2D eigenvalue weighted by atomic mass is 16.5. The van der Waals surface area contributed by atoms with Crippen LogP contribution in [0, 0.1) is 0 Å². The van der Waals surface area contributed by atoms with Crippen molar-refractivity contribution >= 4 is 22.3 Å². The van der Waals surface area contributed by atoms with Gasteiger partial charge in [-0.2, -0.15) is 0 Å². The topological polar surface area (TPSA) is 43.4 Å². The fraction of sp³-hybridized carbons (Fsp3) is 0.250. The second-order valence-corrected chi connectivity index (χ2v) is 4.49. The third kappa shape index (κ3) is 2.81. The molecule has 0 saturated carbocycles. The van der Waals surface area contributed by atoms with E-state index in [9.17, 15) is 9.59 Å². The van der Waals surface area contributed by atoms with Gasteiger partial charge in [-0.1, -0.05) is 24.3 Å². The van der Waals surface area contributed by atoms with Crippen LogP contribution in [0.4, 0.5) is 0 Å². The maximum Gasteiger partial charge on any atom is 0.163 e. The fourth-order valence-electron chi connectivity index (χ4n) is 2.12. The molecular formula is C16H16O3. The lowest BCUT2D eigenvalue weighted by molar-refractivity contribution is -0.116. The predicted molar refractivity (Wildman–Crippen MR) is 74.7 cm³/mol. The second kappa shape index (κ2) is 5.65. The van der Waals surface area contributed by atoms with Crippen LogP contribution in [-0.4, -0.2) is 18.7 Å². The number of methoxy groups -OCH3 is 1. The van der Waals surface area contributed by atoms with E-state index in [0.717, 1.165) is 16.5 Å². The van der Waals surface area contributed by atoms with Crippen LogP contribution in [-0.2, 0) is 4.79 Å². The van der Waals surface area contributed by atoms with Gasteiger partial charge in [0.25, 0.3) is 0 Å². The highest BCUT2D eigenvalue weighted by Gasteiger charge is 2.13. The Bertz CT molecular complexity index is 629. The van der Waals surface area contributed by atoms with Gasteiger partial charge in [-0.25, -0.2) is 0 Å². The molecule has 0 aliphatic rings. The van der Waals surface area contributed by atoms with E-state index in [1.807, 2.05) is 24.3 Å². The van der Waals surface area contributed by atoms with Crippen LogP contribution in [0.25, 0.3) is 10.8 Å². The van der Waals surface area contributed by atoms with Crippen molar-refractivity contribution in [2.45, 2.75) is 19.8 Å². The molecule has 0 atom stereocenters. The Labute approximate surface area is 112 Å². The molecule has 0 radical (unpaired) electrons. The summed E-state index contributed by atoms with van der Waals surface area (Å²) in [7, 11) is 1.61. The number of rotatable bonds is 5. The Morgan fingerprint density at radius 3 is 2.32 bits per heavy atom. The van der Waals surface area contributed by atoms with Gasteiger partial charge in [-0.3, -0.25) is 4.79 Å². The third-order valence-electron chi connectivity index (χ3n) is 3.11. The summed E-state index contributed by atoms with van der Waals surface area (Å²) in [5.74, 6) is 0.777. The average molecular weight is 256 g/mol. The summed E-state index contributed by atoms with van der Waals surface area (Å²) < 4.78 is 5.29. The minimum absolute atomic E-state index is 0.00551. The van der Waals surface area contributed by atoms with Gasteiger partial charge in [0, 0.05) is 23.8 Å². The largest absolute Gasteiger partial charge is 0.496 e. The first kappa shape index (κ1) is 13.3. The highest BCUT2D eigenvalue weighted by Crippen LogP contribution is 2.29. The molecule has 0 unspecified atom stereocenters. The van der Waals surface area contributed by atoms with Crippen LogP contribution in [0.5, 0.6) is 5.75 Å². The maximum absolute atomic E-state index is 12.2. The summed E-state index contributed by atoms with van der Waals surface area (Å²) in [4.78, 5) is 23.1. The van der Waals surface area contributed by atoms with Crippen LogP contribution in [0.15, 0.2) is 36.4 Å². The van der Waals surface area contributed by atoms with Crippen molar-refractivity contribution in [2.24, 2.45) is 0 Å². The molecule has 19 heavy (non-hydrogen) atoms. The van der Waals surface area contributed by atoms with Gasteiger partial charge in [0.2, 0.25) is 0 Å². The van der Waals surface area contributed by atoms with Crippen LogP contribution < -0.4 is 4.74 Å². The lowest BCUT2D eigenvalue weighted by atomic mass is 9.98. The minimum Gasteiger partial charge on any atom is -0.496 e. The molecule has 0 aliphatic carbocycles. The summed E-state index contributed by atoms with van der Waals surface area (Å²) >= 11 is 0. The number of carbonyl (C=O) groups excluding carboxylic acids is 2. The van der Waals surface area contributed by atoms with Gasteiger partial charge in [-0.05, 0) is 24.4 Å². The van der Waals surface area contributed by atoms with Gasteiger partial charge < -0.3 is 9.53 Å². The van der Waals surface area contributed by atoms with E-state index in [0.29, 0.717) is 12.0 Å². The zero-order chi connectivity index (χ0) is 13.8. The van der Waals surface area contributed by atoms with Crippen LogP contribution in [0.2, 0.25) is 0 Å². The van der Waals surface area contributed by atoms with Gasteiger partial charge in [0.1, 0.15) is 11.5 Å². The maximum atomic E-state index is 12.2. The van der Waals surface area contributed by atoms with E-state index >= 15 is 0 Å². The van der Waals surface area contributed by atoms with Gasteiger partial charge in [0.15, 0.2) is 5.78 Å². The Morgan fingerprint density at radius 2 is 1.68 bits per heavy atom. The lowest BCUT2D eigenvalue weighted by Crippen LogP contribution is -2.03. The molecule has 2 aromatic rings. The smallest absolute Gasteiger partial charge is 0.163 e. The number of fused-ring (bicyclic) bond motifs is 1. The van der Waals surface area contributed by atoms with Crippen molar-refractivity contribution in [2.75, 3.05) is 7.11 Å². The molecule has 0 spiro atoms. The fourth-order valence-corrected chi connectivity index (χ4v) is 2.12. The molecule has 0 N–H and O–H groups in total. The van der Waals surface area contributed by atoms with E-state index in [2.05, 4.69) is 0 Å². The molecule has 0 saturated heterocycles. The van der Waals surface area contributed by atoms with Crippen molar-refractivity contribution in [1.82, 2.24) is 0 Å². The van der Waals surface area contributed by atoms with Crippen molar-refractivity contribution < 1.29 is 14.3 Å². The van der Waals surface area contributed by atoms with Gasteiger partial charge >= 0.3 is 0 Å². The number of hydrogen-bond acceptors (Lipinski definition) is 3. The number of ketones is 2. The highest BCUT2D eigenvalue weighted by molar-refractivity contribution is 6.10. The molecular weight excluding hydrogens is 240 g/mol. The normalized spacial score (nSPS) is 10.4. The molecule has 0 fully saturated rings. The van der Waals surface area contributed by atoms with E-state index in [1.165, 1.54) is 6.92 Å². The van der Waals surface area contributed by atoms with Crippen LogP contribution in [0.3, 0.4) is 0 Å². The number of hydrogen-bond donors (Lipinski definition) is 0. The van der Waals surface area contributed by atoms with Crippen molar-refractivity contribution in [3.05, 3.63) is 42.0 Å². The van der Waals surface area contributed by atoms with Crippen molar-refractivity contribution in [1.29, 1.82) is 0 Å². The number of benzene rings is 2. The van der Waals surface area contributed by atoms with E-state index < -0.39 is 0 Å².